The average Bonchev–Trinajstić information content (AvgIpc) is 3.66. The summed E-state index contributed by atoms with van der Waals surface area (Å²) in [5, 5.41) is 14.4. The molecule has 1 aliphatic heterocycles. The molecule has 1 saturated heterocycles. The van der Waals surface area contributed by atoms with Gasteiger partial charge in [-0.15, -0.1) is 22.7 Å². The van der Waals surface area contributed by atoms with Crippen molar-refractivity contribution in [1.29, 1.82) is 0 Å². The number of carbonyl (C=O) groups is 3. The highest BCUT2D eigenvalue weighted by molar-refractivity contribution is 7.14. The van der Waals surface area contributed by atoms with E-state index in [-0.39, 0.29) is 24.2 Å². The summed E-state index contributed by atoms with van der Waals surface area (Å²) < 4.78 is 5.94. The maximum Gasteiger partial charge on any atom is 0.306 e. The van der Waals surface area contributed by atoms with Gasteiger partial charge in [-0.1, -0.05) is 24.3 Å². The molecule has 8 nitrogen and oxygen atoms in total. The monoisotopic (exact) mass is 523 g/mol. The van der Waals surface area contributed by atoms with Gasteiger partial charge in [-0.3, -0.25) is 19.3 Å². The third-order valence-corrected chi connectivity index (χ3v) is 8.07. The van der Waals surface area contributed by atoms with Crippen molar-refractivity contribution >= 4 is 56.6 Å². The molecular weight excluding hydrogens is 498 g/mol. The fourth-order valence-corrected chi connectivity index (χ4v) is 5.86. The van der Waals surface area contributed by atoms with Crippen molar-refractivity contribution < 1.29 is 23.9 Å². The number of aromatic nitrogens is 1. The second-order valence-corrected chi connectivity index (χ2v) is 10.5. The Morgan fingerprint density at radius 2 is 1.92 bits per heavy atom. The van der Waals surface area contributed by atoms with Crippen molar-refractivity contribution in [3.63, 3.8) is 0 Å². The summed E-state index contributed by atoms with van der Waals surface area (Å²) >= 11 is 2.73. The van der Waals surface area contributed by atoms with Crippen molar-refractivity contribution in [2.75, 3.05) is 24.5 Å². The first-order chi connectivity index (χ1) is 17.5. The molecule has 4 aromatic rings. The van der Waals surface area contributed by atoms with Crippen molar-refractivity contribution in [3.05, 3.63) is 58.1 Å². The Hall–Kier alpha value is -3.50. The second kappa shape index (κ2) is 10.6. The number of carbonyl (C=O) groups excluding carboxylic acids is 2. The summed E-state index contributed by atoms with van der Waals surface area (Å²) in [5.41, 5.74) is 1.44. The van der Waals surface area contributed by atoms with Gasteiger partial charge in [-0.05, 0) is 42.8 Å². The Morgan fingerprint density at radius 1 is 1.11 bits per heavy atom. The van der Waals surface area contributed by atoms with Gasteiger partial charge >= 0.3 is 5.97 Å². The number of hydrogen-bond donors (Lipinski definition) is 1. The molecule has 0 radical (unpaired) electrons. The molecule has 2 amide bonds. The van der Waals surface area contributed by atoms with Gasteiger partial charge in [0.15, 0.2) is 10.9 Å². The van der Waals surface area contributed by atoms with E-state index in [0.29, 0.717) is 60.4 Å². The summed E-state index contributed by atoms with van der Waals surface area (Å²) in [6.45, 7) is 1.27. The number of rotatable bonds is 8. The zero-order valence-electron chi connectivity index (χ0n) is 19.5. The van der Waals surface area contributed by atoms with Crippen LogP contribution in [-0.2, 0) is 9.59 Å². The van der Waals surface area contributed by atoms with E-state index in [9.17, 15) is 14.4 Å². The van der Waals surface area contributed by atoms with Crippen LogP contribution in [0, 0.1) is 5.92 Å². The number of carboxylic acids is 1. The van der Waals surface area contributed by atoms with Crippen LogP contribution in [0.2, 0.25) is 0 Å². The van der Waals surface area contributed by atoms with Crippen LogP contribution in [0.5, 0.6) is 0 Å². The molecule has 186 valence electrons. The number of thiophene rings is 1. The lowest BCUT2D eigenvalue weighted by molar-refractivity contribution is -0.145. The first kappa shape index (κ1) is 24.2. The number of benzene rings is 1. The molecule has 0 aliphatic carbocycles. The van der Waals surface area contributed by atoms with Gasteiger partial charge in [0, 0.05) is 36.8 Å². The van der Waals surface area contributed by atoms with E-state index in [0.717, 1.165) is 11.0 Å². The SMILES string of the molecule is O=C(O)C1CCN(C(=O)CCCN(C(=O)c2cccs2)c2nc(-c3cc4ccccc4o3)cs2)CC1. The number of piperidine rings is 1. The first-order valence-corrected chi connectivity index (χ1v) is 13.6. The molecule has 0 saturated carbocycles. The van der Waals surface area contributed by atoms with E-state index in [1.807, 2.05) is 47.2 Å². The number of aliphatic carboxylic acids is 1. The van der Waals surface area contributed by atoms with Gasteiger partial charge in [-0.2, -0.15) is 0 Å². The Morgan fingerprint density at radius 3 is 2.64 bits per heavy atom. The topological polar surface area (TPSA) is 104 Å². The van der Waals surface area contributed by atoms with Gasteiger partial charge in [-0.25, -0.2) is 4.98 Å². The number of nitrogens with zero attached hydrogens (tertiary/aromatic N) is 3. The molecule has 0 bridgehead atoms. The minimum absolute atomic E-state index is 0.00975. The van der Waals surface area contributed by atoms with E-state index >= 15 is 0 Å². The van der Waals surface area contributed by atoms with E-state index < -0.39 is 5.97 Å². The summed E-state index contributed by atoms with van der Waals surface area (Å²) in [4.78, 5) is 45.9. The zero-order chi connectivity index (χ0) is 25.1. The maximum atomic E-state index is 13.3. The van der Waals surface area contributed by atoms with Crippen LogP contribution in [0.15, 0.2) is 57.6 Å². The highest BCUT2D eigenvalue weighted by Crippen LogP contribution is 2.32. The lowest BCUT2D eigenvalue weighted by Crippen LogP contribution is -2.40. The van der Waals surface area contributed by atoms with Gasteiger partial charge < -0.3 is 14.4 Å². The molecule has 1 aliphatic rings. The number of fused-ring (bicyclic) bond motifs is 1. The molecular formula is C26H25N3O5S2. The number of anilines is 1. The quantitative estimate of drug-likeness (QED) is 0.333. The lowest BCUT2D eigenvalue weighted by Gasteiger charge is -2.30. The van der Waals surface area contributed by atoms with E-state index in [4.69, 9.17) is 14.5 Å². The van der Waals surface area contributed by atoms with Crippen LogP contribution in [0.4, 0.5) is 5.13 Å². The highest BCUT2D eigenvalue weighted by atomic mass is 32.1. The molecule has 0 unspecified atom stereocenters. The molecule has 5 rings (SSSR count). The predicted octanol–water partition coefficient (Wildman–Crippen LogP) is 5.37. The predicted molar refractivity (Wildman–Crippen MR) is 139 cm³/mol. The van der Waals surface area contributed by atoms with Crippen molar-refractivity contribution in [2.24, 2.45) is 5.92 Å². The number of likely N-dealkylation sites (tertiary alicyclic amines) is 1. The molecule has 10 heteroatoms. The van der Waals surface area contributed by atoms with Gasteiger partial charge in [0.1, 0.15) is 11.3 Å². The second-order valence-electron chi connectivity index (χ2n) is 8.69. The van der Waals surface area contributed by atoms with E-state index in [2.05, 4.69) is 0 Å². The maximum absolute atomic E-state index is 13.3. The van der Waals surface area contributed by atoms with Crippen molar-refractivity contribution in [1.82, 2.24) is 9.88 Å². The Kier molecular flexibility index (Phi) is 7.15. The summed E-state index contributed by atoms with van der Waals surface area (Å²) in [5.74, 6) is -0.689. The fraction of sp³-hybridized carbons (Fsp3) is 0.308. The Balaban J connectivity index is 1.28. The summed E-state index contributed by atoms with van der Waals surface area (Å²) in [6, 6.07) is 13.3. The minimum Gasteiger partial charge on any atom is -0.481 e. The number of hydrogen-bond acceptors (Lipinski definition) is 7. The Labute approximate surface area is 215 Å². The van der Waals surface area contributed by atoms with Crippen LogP contribution in [0.1, 0.15) is 35.4 Å². The molecule has 1 aromatic carbocycles. The van der Waals surface area contributed by atoms with Crippen molar-refractivity contribution in [2.45, 2.75) is 25.7 Å². The van der Waals surface area contributed by atoms with Gasteiger partial charge in [0.25, 0.3) is 5.91 Å². The number of carboxylic acid groups (broad SMARTS) is 1. The van der Waals surface area contributed by atoms with Gasteiger partial charge in [0.05, 0.1) is 10.8 Å². The third kappa shape index (κ3) is 5.19. The van der Waals surface area contributed by atoms with Crippen LogP contribution >= 0.6 is 22.7 Å². The van der Waals surface area contributed by atoms with Crippen LogP contribution in [0.25, 0.3) is 22.4 Å². The molecule has 36 heavy (non-hydrogen) atoms. The standard InChI is InChI=1S/C26H25N3O5S2/c30-23(28-12-9-17(10-13-28)25(32)33)8-3-11-29(24(31)22-7-4-14-35-22)26-27-19(16-36-26)21-15-18-5-1-2-6-20(18)34-21/h1-2,4-7,14-17H,3,8-13H2,(H,32,33). The number of para-hydroxylation sites is 1. The molecule has 1 N–H and O–H groups in total. The zero-order valence-corrected chi connectivity index (χ0v) is 21.1. The van der Waals surface area contributed by atoms with Crippen LogP contribution in [0.3, 0.4) is 0 Å². The average molecular weight is 524 g/mol. The Bertz CT molecular complexity index is 1340. The van der Waals surface area contributed by atoms with Crippen molar-refractivity contribution in [3.8, 4) is 11.5 Å². The smallest absolute Gasteiger partial charge is 0.306 e. The summed E-state index contributed by atoms with van der Waals surface area (Å²) in [6.07, 6.45) is 1.73. The molecule has 3 aromatic heterocycles. The molecule has 0 spiro atoms. The fourth-order valence-electron chi connectivity index (χ4n) is 4.35. The van der Waals surface area contributed by atoms with E-state index in [1.54, 1.807) is 15.9 Å². The number of thiazole rings is 1. The molecule has 4 heterocycles. The number of amides is 2. The largest absolute Gasteiger partial charge is 0.481 e. The normalized spacial score (nSPS) is 14.3. The number of furan rings is 1. The molecule has 0 atom stereocenters. The third-order valence-electron chi connectivity index (χ3n) is 6.35. The van der Waals surface area contributed by atoms with Crippen LogP contribution < -0.4 is 4.90 Å². The highest BCUT2D eigenvalue weighted by Gasteiger charge is 2.27. The first-order valence-electron chi connectivity index (χ1n) is 11.8. The van der Waals surface area contributed by atoms with Crippen LogP contribution in [-0.4, -0.2) is 52.4 Å². The van der Waals surface area contributed by atoms with Gasteiger partial charge in [0.2, 0.25) is 5.91 Å². The lowest BCUT2D eigenvalue weighted by atomic mass is 9.97. The summed E-state index contributed by atoms with van der Waals surface area (Å²) in [7, 11) is 0. The minimum atomic E-state index is -0.796. The molecule has 1 fully saturated rings. The van der Waals surface area contributed by atoms with E-state index in [1.165, 1.54) is 22.7 Å².